The summed E-state index contributed by atoms with van der Waals surface area (Å²) < 4.78 is 44.2. The molecule has 5 rings (SSSR count). The molecule has 1 aromatic heterocycles. The van der Waals surface area contributed by atoms with Gasteiger partial charge in [-0.2, -0.15) is 8.78 Å². The van der Waals surface area contributed by atoms with Crippen LogP contribution in [0, 0.1) is 0 Å². The standard InChI is InChI=1S/C25H20ClF2N3O3/c1-32-15-8-10-22(33-2)17(12-15)21-13-19(16-9-7-14(26)11-23(16)34-24(27)28)30-25-29-18-5-3-4-6-20(18)31(21)25/h3-13,21,24H,1-2H3,(H,29,30)/t21-/m1/s1. The van der Waals surface area contributed by atoms with Crippen molar-refractivity contribution in [2.75, 3.05) is 19.5 Å². The molecule has 1 aliphatic rings. The van der Waals surface area contributed by atoms with E-state index >= 15 is 0 Å². The molecule has 0 saturated carbocycles. The van der Waals surface area contributed by atoms with Crippen molar-refractivity contribution in [2.45, 2.75) is 12.7 Å². The van der Waals surface area contributed by atoms with Crippen LogP contribution in [-0.2, 0) is 0 Å². The molecule has 0 fully saturated rings. The van der Waals surface area contributed by atoms with Gasteiger partial charge in [-0.3, -0.25) is 4.57 Å². The van der Waals surface area contributed by atoms with Crippen molar-refractivity contribution < 1.29 is 23.0 Å². The number of fused-ring (bicyclic) bond motifs is 3. The zero-order valence-corrected chi connectivity index (χ0v) is 19.0. The van der Waals surface area contributed by atoms with Crippen LogP contribution in [-0.4, -0.2) is 30.4 Å². The first-order valence-electron chi connectivity index (χ1n) is 10.4. The van der Waals surface area contributed by atoms with Crippen LogP contribution >= 0.6 is 11.6 Å². The lowest BCUT2D eigenvalue weighted by atomic mass is 9.99. The Morgan fingerprint density at radius 2 is 1.82 bits per heavy atom. The summed E-state index contributed by atoms with van der Waals surface area (Å²) in [6, 6.07) is 17.5. The molecule has 0 bridgehead atoms. The Morgan fingerprint density at radius 1 is 1.00 bits per heavy atom. The van der Waals surface area contributed by atoms with Crippen molar-refractivity contribution in [1.82, 2.24) is 9.55 Å². The zero-order valence-electron chi connectivity index (χ0n) is 18.3. The Hall–Kier alpha value is -3.78. The fourth-order valence-corrected chi connectivity index (χ4v) is 4.34. The van der Waals surface area contributed by atoms with Crippen LogP contribution in [0.3, 0.4) is 0 Å². The molecule has 0 saturated heterocycles. The lowest BCUT2D eigenvalue weighted by Gasteiger charge is -2.28. The van der Waals surface area contributed by atoms with Gasteiger partial charge in [-0.25, -0.2) is 4.98 Å². The molecule has 0 radical (unpaired) electrons. The van der Waals surface area contributed by atoms with E-state index in [2.05, 4.69) is 5.32 Å². The quantitative estimate of drug-likeness (QED) is 0.345. The first-order chi connectivity index (χ1) is 16.5. The molecule has 1 aliphatic heterocycles. The van der Waals surface area contributed by atoms with Gasteiger partial charge < -0.3 is 19.5 Å². The Labute approximate surface area is 199 Å². The average molecular weight is 484 g/mol. The minimum absolute atomic E-state index is 0.0397. The van der Waals surface area contributed by atoms with Gasteiger partial charge in [0.2, 0.25) is 5.95 Å². The predicted octanol–water partition coefficient (Wildman–Crippen LogP) is 6.36. The Kier molecular flexibility index (Phi) is 5.75. The van der Waals surface area contributed by atoms with Crippen LogP contribution in [0.1, 0.15) is 17.2 Å². The van der Waals surface area contributed by atoms with Crippen LogP contribution in [0.5, 0.6) is 17.2 Å². The molecule has 0 spiro atoms. The fraction of sp³-hybridized carbons (Fsp3) is 0.160. The number of halogens is 3. The van der Waals surface area contributed by atoms with Crippen LogP contribution in [0.4, 0.5) is 14.7 Å². The predicted molar refractivity (Wildman–Crippen MR) is 127 cm³/mol. The summed E-state index contributed by atoms with van der Waals surface area (Å²) >= 11 is 6.06. The number of aromatic nitrogens is 2. The molecular formula is C25H20ClF2N3O3. The number of hydrogen-bond donors (Lipinski definition) is 1. The molecule has 0 unspecified atom stereocenters. The van der Waals surface area contributed by atoms with Gasteiger partial charge in [-0.05, 0) is 54.6 Å². The molecule has 9 heteroatoms. The zero-order chi connectivity index (χ0) is 23.8. The normalized spacial score (nSPS) is 15.0. The molecule has 3 aromatic carbocycles. The Morgan fingerprint density at radius 3 is 2.59 bits per heavy atom. The van der Waals surface area contributed by atoms with E-state index in [1.165, 1.54) is 6.07 Å². The maximum Gasteiger partial charge on any atom is 0.387 e. The molecule has 6 nitrogen and oxygen atoms in total. The summed E-state index contributed by atoms with van der Waals surface area (Å²) in [5, 5.41) is 3.56. The molecule has 174 valence electrons. The van der Waals surface area contributed by atoms with Crippen LogP contribution < -0.4 is 19.5 Å². The van der Waals surface area contributed by atoms with Crippen molar-refractivity contribution >= 4 is 34.3 Å². The van der Waals surface area contributed by atoms with Crippen LogP contribution in [0.2, 0.25) is 5.02 Å². The van der Waals surface area contributed by atoms with Gasteiger partial charge in [0.25, 0.3) is 0 Å². The lowest BCUT2D eigenvalue weighted by Crippen LogP contribution is -2.20. The van der Waals surface area contributed by atoms with E-state index in [1.807, 2.05) is 53.1 Å². The van der Waals surface area contributed by atoms with Gasteiger partial charge in [-0.1, -0.05) is 23.7 Å². The number of nitrogens with zero attached hydrogens (tertiary/aromatic N) is 2. The first-order valence-corrected chi connectivity index (χ1v) is 10.8. The van der Waals surface area contributed by atoms with Gasteiger partial charge in [-0.15, -0.1) is 0 Å². The molecule has 2 heterocycles. The third kappa shape index (κ3) is 3.90. The molecule has 1 N–H and O–H groups in total. The summed E-state index contributed by atoms with van der Waals surface area (Å²) in [5.41, 5.74) is 3.47. The number of nitrogens with one attached hydrogen (secondary N) is 1. The summed E-state index contributed by atoms with van der Waals surface area (Å²) in [4.78, 5) is 4.73. The average Bonchev–Trinajstić information content (AvgIpc) is 3.21. The maximum absolute atomic E-state index is 13.1. The third-order valence-corrected chi connectivity index (χ3v) is 5.89. The topological polar surface area (TPSA) is 57.5 Å². The van der Waals surface area contributed by atoms with Crippen LogP contribution in [0.15, 0.2) is 66.7 Å². The molecule has 1 atom stereocenters. The highest BCUT2D eigenvalue weighted by molar-refractivity contribution is 6.30. The van der Waals surface area contributed by atoms with Crippen molar-refractivity contribution in [2.24, 2.45) is 0 Å². The van der Waals surface area contributed by atoms with Crippen molar-refractivity contribution in [1.29, 1.82) is 0 Å². The molecule has 0 aliphatic carbocycles. The highest BCUT2D eigenvalue weighted by atomic mass is 35.5. The number of alkyl halides is 2. The van der Waals surface area contributed by atoms with Crippen molar-refractivity contribution in [3.05, 3.63) is 82.9 Å². The molecule has 34 heavy (non-hydrogen) atoms. The van der Waals surface area contributed by atoms with E-state index < -0.39 is 12.7 Å². The first kappa shape index (κ1) is 22.0. The van der Waals surface area contributed by atoms with Crippen molar-refractivity contribution in [3.63, 3.8) is 0 Å². The van der Waals surface area contributed by atoms with Gasteiger partial charge >= 0.3 is 6.61 Å². The highest BCUT2D eigenvalue weighted by Crippen LogP contribution is 2.42. The minimum atomic E-state index is -3.00. The second kappa shape index (κ2) is 8.87. The summed E-state index contributed by atoms with van der Waals surface area (Å²) in [6.45, 7) is -3.00. The minimum Gasteiger partial charge on any atom is -0.497 e. The number of rotatable bonds is 6. The lowest BCUT2D eigenvalue weighted by molar-refractivity contribution is -0.0500. The second-order valence-corrected chi connectivity index (χ2v) is 8.01. The van der Waals surface area contributed by atoms with E-state index in [9.17, 15) is 8.78 Å². The number of ether oxygens (including phenoxy) is 3. The SMILES string of the molecule is COc1ccc(OC)c([C@H]2C=C(c3ccc(Cl)cc3OC(F)F)Nc3nc4ccccc4n32)c1. The molecule has 0 amide bonds. The van der Waals surface area contributed by atoms with Crippen molar-refractivity contribution in [3.8, 4) is 17.2 Å². The number of imidazole rings is 1. The van der Waals surface area contributed by atoms with Gasteiger partial charge in [0.1, 0.15) is 17.2 Å². The number of allylic oxidation sites excluding steroid dienone is 1. The maximum atomic E-state index is 13.1. The highest BCUT2D eigenvalue weighted by Gasteiger charge is 2.29. The monoisotopic (exact) mass is 483 g/mol. The van der Waals surface area contributed by atoms with Gasteiger partial charge in [0, 0.05) is 16.1 Å². The number of benzene rings is 3. The van der Waals surface area contributed by atoms with E-state index in [0.29, 0.717) is 28.7 Å². The largest absolute Gasteiger partial charge is 0.497 e. The number of anilines is 1. The van der Waals surface area contributed by atoms with Crippen LogP contribution in [0.25, 0.3) is 16.7 Å². The van der Waals surface area contributed by atoms with E-state index in [1.54, 1.807) is 26.4 Å². The van der Waals surface area contributed by atoms with E-state index in [-0.39, 0.29) is 10.8 Å². The Bertz CT molecular complexity index is 1400. The van der Waals surface area contributed by atoms with E-state index in [0.717, 1.165) is 16.6 Å². The molecule has 4 aromatic rings. The smallest absolute Gasteiger partial charge is 0.387 e. The van der Waals surface area contributed by atoms with Gasteiger partial charge in [0.05, 0.1) is 37.0 Å². The Balaban J connectivity index is 1.74. The summed E-state index contributed by atoms with van der Waals surface area (Å²) in [7, 11) is 3.19. The summed E-state index contributed by atoms with van der Waals surface area (Å²) in [6.07, 6.45) is 1.92. The van der Waals surface area contributed by atoms with E-state index in [4.69, 9.17) is 30.8 Å². The summed E-state index contributed by atoms with van der Waals surface area (Å²) in [5.74, 6) is 1.81. The third-order valence-electron chi connectivity index (χ3n) is 5.65. The second-order valence-electron chi connectivity index (χ2n) is 7.57. The number of para-hydroxylation sites is 2. The number of methoxy groups -OCH3 is 2. The molecular weight excluding hydrogens is 464 g/mol. The number of hydrogen-bond acceptors (Lipinski definition) is 5. The van der Waals surface area contributed by atoms with Gasteiger partial charge in [0.15, 0.2) is 0 Å². The fourth-order valence-electron chi connectivity index (χ4n) is 4.18.